The van der Waals surface area contributed by atoms with Gasteiger partial charge in [0.05, 0.1) is 6.10 Å². The van der Waals surface area contributed by atoms with E-state index in [2.05, 4.69) is 0 Å². The fourth-order valence-electron chi connectivity index (χ4n) is 1.05. The molecule has 1 atom stereocenters. The van der Waals surface area contributed by atoms with Crippen molar-refractivity contribution in [2.45, 2.75) is 13.0 Å². The maximum atomic E-state index is 10.7. The number of amides is 1. The highest BCUT2D eigenvalue weighted by molar-refractivity contribution is 5.93. The quantitative estimate of drug-likeness (QED) is 0.622. The van der Waals surface area contributed by atoms with Crippen molar-refractivity contribution < 1.29 is 15.0 Å². The van der Waals surface area contributed by atoms with Gasteiger partial charge >= 0.3 is 0 Å². The second-order valence-electron chi connectivity index (χ2n) is 2.81. The van der Waals surface area contributed by atoms with E-state index in [0.717, 1.165) is 0 Å². The summed E-state index contributed by atoms with van der Waals surface area (Å²) in [6, 6.07) is 4.18. The van der Waals surface area contributed by atoms with Crippen molar-refractivity contribution in [2.75, 3.05) is 0 Å². The molecule has 0 saturated heterocycles. The van der Waals surface area contributed by atoms with Crippen LogP contribution in [0.5, 0.6) is 5.75 Å². The fraction of sp³-hybridized carbons (Fsp3) is 0.222. The molecule has 1 aromatic rings. The van der Waals surface area contributed by atoms with Crippen LogP contribution in [0.1, 0.15) is 28.9 Å². The van der Waals surface area contributed by atoms with Crippen molar-refractivity contribution in [1.82, 2.24) is 0 Å². The fourth-order valence-corrected chi connectivity index (χ4v) is 1.05. The molecule has 13 heavy (non-hydrogen) atoms. The Labute approximate surface area is 75.6 Å². The maximum Gasteiger partial charge on any atom is 0.248 e. The van der Waals surface area contributed by atoms with E-state index in [4.69, 9.17) is 10.8 Å². The van der Waals surface area contributed by atoms with Gasteiger partial charge in [0.2, 0.25) is 5.91 Å². The molecule has 0 bridgehead atoms. The Morgan fingerprint density at radius 2 is 2.15 bits per heavy atom. The Bertz CT molecular complexity index is 334. The molecule has 1 unspecified atom stereocenters. The maximum absolute atomic E-state index is 10.7. The summed E-state index contributed by atoms with van der Waals surface area (Å²) in [5.41, 5.74) is 5.60. The van der Waals surface area contributed by atoms with Crippen LogP contribution in [0.4, 0.5) is 0 Å². The van der Waals surface area contributed by atoms with E-state index in [0.29, 0.717) is 5.56 Å². The minimum Gasteiger partial charge on any atom is -0.508 e. The van der Waals surface area contributed by atoms with Crippen molar-refractivity contribution in [1.29, 1.82) is 0 Å². The number of nitrogens with two attached hydrogens (primary N) is 1. The van der Waals surface area contributed by atoms with Gasteiger partial charge in [-0.25, -0.2) is 0 Å². The Balaban J connectivity index is 3.13. The molecule has 0 aliphatic carbocycles. The Morgan fingerprint density at radius 3 is 2.54 bits per heavy atom. The predicted molar refractivity (Wildman–Crippen MR) is 47.3 cm³/mol. The first-order chi connectivity index (χ1) is 6.02. The summed E-state index contributed by atoms with van der Waals surface area (Å²) < 4.78 is 0. The van der Waals surface area contributed by atoms with Gasteiger partial charge in [-0.15, -0.1) is 0 Å². The summed E-state index contributed by atoms with van der Waals surface area (Å²) in [4.78, 5) is 10.7. The minimum absolute atomic E-state index is 0.119. The lowest BCUT2D eigenvalue weighted by Gasteiger charge is -2.07. The van der Waals surface area contributed by atoms with Gasteiger partial charge in [-0.1, -0.05) is 6.07 Å². The second-order valence-corrected chi connectivity index (χ2v) is 2.81. The number of primary amides is 1. The van der Waals surface area contributed by atoms with Crippen LogP contribution in [0.25, 0.3) is 0 Å². The molecule has 0 radical (unpaired) electrons. The molecule has 0 aliphatic heterocycles. The number of aliphatic hydroxyl groups is 1. The number of carbonyl (C=O) groups excluding carboxylic acids is 1. The number of benzene rings is 1. The molecule has 0 spiro atoms. The van der Waals surface area contributed by atoms with E-state index in [1.807, 2.05) is 0 Å². The Hall–Kier alpha value is -1.55. The van der Waals surface area contributed by atoms with Crippen LogP contribution in [-0.4, -0.2) is 16.1 Å². The van der Waals surface area contributed by atoms with Crippen molar-refractivity contribution in [3.05, 3.63) is 29.3 Å². The first-order valence-corrected chi connectivity index (χ1v) is 3.83. The summed E-state index contributed by atoms with van der Waals surface area (Å²) in [6.45, 7) is 1.53. The SMILES string of the molecule is CC(O)c1ccc(C(N)=O)cc1O. The third-order valence-electron chi connectivity index (χ3n) is 1.77. The third-order valence-corrected chi connectivity index (χ3v) is 1.77. The van der Waals surface area contributed by atoms with Crippen molar-refractivity contribution in [3.8, 4) is 5.75 Å². The van der Waals surface area contributed by atoms with E-state index in [1.54, 1.807) is 0 Å². The molecule has 4 nitrogen and oxygen atoms in total. The van der Waals surface area contributed by atoms with Gasteiger partial charge in [0, 0.05) is 11.1 Å². The zero-order chi connectivity index (χ0) is 10.0. The van der Waals surface area contributed by atoms with E-state index < -0.39 is 12.0 Å². The number of phenols is 1. The normalized spacial score (nSPS) is 12.5. The number of hydrogen-bond donors (Lipinski definition) is 3. The van der Waals surface area contributed by atoms with Crippen LogP contribution in [0.3, 0.4) is 0 Å². The molecule has 0 aliphatic rings. The smallest absolute Gasteiger partial charge is 0.248 e. The molecule has 0 heterocycles. The highest BCUT2D eigenvalue weighted by atomic mass is 16.3. The molecular formula is C9H11NO3. The van der Waals surface area contributed by atoms with Crippen LogP contribution in [0.15, 0.2) is 18.2 Å². The van der Waals surface area contributed by atoms with Gasteiger partial charge < -0.3 is 15.9 Å². The van der Waals surface area contributed by atoms with Gasteiger partial charge in [-0.05, 0) is 19.1 Å². The lowest BCUT2D eigenvalue weighted by Crippen LogP contribution is -2.10. The largest absolute Gasteiger partial charge is 0.508 e. The summed E-state index contributed by atoms with van der Waals surface area (Å²) in [5.74, 6) is -0.723. The number of aromatic hydroxyl groups is 1. The standard InChI is InChI=1S/C9H11NO3/c1-5(11)7-3-2-6(9(10)13)4-8(7)12/h2-5,11-12H,1H3,(H2,10,13). The lowest BCUT2D eigenvalue weighted by atomic mass is 10.1. The van der Waals surface area contributed by atoms with Gasteiger partial charge in [-0.2, -0.15) is 0 Å². The number of rotatable bonds is 2. The molecular weight excluding hydrogens is 170 g/mol. The van der Waals surface area contributed by atoms with Gasteiger partial charge in [0.15, 0.2) is 0 Å². The van der Waals surface area contributed by atoms with Crippen LogP contribution < -0.4 is 5.73 Å². The van der Waals surface area contributed by atoms with Gasteiger partial charge in [0.25, 0.3) is 0 Å². The predicted octanol–water partition coefficient (Wildman–Crippen LogP) is 0.544. The number of aliphatic hydroxyl groups excluding tert-OH is 1. The highest BCUT2D eigenvalue weighted by Gasteiger charge is 2.09. The molecule has 70 valence electrons. The second kappa shape index (κ2) is 3.45. The summed E-state index contributed by atoms with van der Waals surface area (Å²) >= 11 is 0. The van der Waals surface area contributed by atoms with E-state index in [-0.39, 0.29) is 11.3 Å². The summed E-state index contributed by atoms with van der Waals surface area (Å²) in [5, 5.41) is 18.5. The van der Waals surface area contributed by atoms with Crippen LogP contribution >= 0.6 is 0 Å². The monoisotopic (exact) mass is 181 g/mol. The molecule has 0 aromatic heterocycles. The molecule has 4 heteroatoms. The first kappa shape index (κ1) is 9.54. The molecule has 1 aromatic carbocycles. The van der Waals surface area contributed by atoms with E-state index in [9.17, 15) is 9.90 Å². The molecule has 0 fully saturated rings. The zero-order valence-corrected chi connectivity index (χ0v) is 7.19. The summed E-state index contributed by atoms with van der Waals surface area (Å²) in [6.07, 6.45) is -0.762. The number of phenolic OH excluding ortho intramolecular Hbond substituents is 1. The van der Waals surface area contributed by atoms with Crippen LogP contribution in [0.2, 0.25) is 0 Å². The molecule has 1 rings (SSSR count). The summed E-state index contributed by atoms with van der Waals surface area (Å²) in [7, 11) is 0. The number of carbonyl (C=O) groups is 1. The van der Waals surface area contributed by atoms with E-state index >= 15 is 0 Å². The van der Waals surface area contributed by atoms with Gasteiger partial charge in [0.1, 0.15) is 5.75 Å². The van der Waals surface area contributed by atoms with Gasteiger partial charge in [-0.3, -0.25) is 4.79 Å². The first-order valence-electron chi connectivity index (χ1n) is 3.83. The van der Waals surface area contributed by atoms with Crippen molar-refractivity contribution >= 4 is 5.91 Å². The zero-order valence-electron chi connectivity index (χ0n) is 7.19. The van der Waals surface area contributed by atoms with Crippen molar-refractivity contribution in [2.24, 2.45) is 5.73 Å². The highest BCUT2D eigenvalue weighted by Crippen LogP contribution is 2.24. The Kier molecular flexibility index (Phi) is 2.53. The molecule has 1 amide bonds. The molecule has 0 saturated carbocycles. The number of hydrogen-bond acceptors (Lipinski definition) is 3. The van der Waals surface area contributed by atoms with Crippen LogP contribution in [0, 0.1) is 0 Å². The average molecular weight is 181 g/mol. The van der Waals surface area contributed by atoms with Crippen LogP contribution in [-0.2, 0) is 0 Å². The Morgan fingerprint density at radius 1 is 1.54 bits per heavy atom. The van der Waals surface area contributed by atoms with Crippen molar-refractivity contribution in [3.63, 3.8) is 0 Å². The minimum atomic E-state index is -0.762. The van der Waals surface area contributed by atoms with E-state index in [1.165, 1.54) is 25.1 Å². The topological polar surface area (TPSA) is 83.5 Å². The molecule has 4 N–H and O–H groups in total. The third kappa shape index (κ3) is 1.97. The average Bonchev–Trinajstić information content (AvgIpc) is 2.03. The lowest BCUT2D eigenvalue weighted by molar-refractivity contribution is 0.0999.